The first kappa shape index (κ1) is 15.5. The second-order valence-corrected chi connectivity index (χ2v) is 4.20. The molecule has 0 radical (unpaired) electrons. The number of nitrogens with zero attached hydrogens (tertiary/aromatic N) is 1. The summed E-state index contributed by atoms with van der Waals surface area (Å²) in [7, 11) is 1.54. The number of hydrogen-bond donors (Lipinski definition) is 2. The topological polar surface area (TPSA) is 73.9 Å². The van der Waals surface area contributed by atoms with Crippen molar-refractivity contribution in [1.82, 2.24) is 4.90 Å². The molecule has 1 heterocycles. The predicted molar refractivity (Wildman–Crippen MR) is 58.7 cm³/mol. The number of carbonyl (C=O) groups is 1. The first-order valence-electron chi connectivity index (χ1n) is 5.40. The van der Waals surface area contributed by atoms with E-state index >= 15 is 0 Å². The molecule has 5 nitrogen and oxygen atoms in total. The molecule has 1 atom stereocenters. The van der Waals surface area contributed by atoms with E-state index in [0.29, 0.717) is 6.26 Å². The van der Waals surface area contributed by atoms with Gasteiger partial charge < -0.3 is 14.6 Å². The molecule has 0 saturated carbocycles. The summed E-state index contributed by atoms with van der Waals surface area (Å²) < 4.78 is 42.5. The molecule has 1 aromatic heterocycles. The van der Waals surface area contributed by atoms with E-state index in [1.165, 1.54) is 4.90 Å². The number of carboxylic acid groups (broad SMARTS) is 1. The van der Waals surface area contributed by atoms with E-state index in [-0.39, 0.29) is 25.0 Å². The molecule has 2 N–H and O–H groups in total. The molecule has 19 heavy (non-hydrogen) atoms. The molecular formula is C11H14F3NO4. The maximum absolute atomic E-state index is 12.6. The SMILES string of the molecule is CC(CO)N(C)Cc1occ(C(F)(F)F)c1C(=O)O. The maximum Gasteiger partial charge on any atom is 0.420 e. The first-order valence-corrected chi connectivity index (χ1v) is 5.40. The van der Waals surface area contributed by atoms with Crippen LogP contribution in [0.2, 0.25) is 0 Å². The number of carboxylic acids is 1. The van der Waals surface area contributed by atoms with Gasteiger partial charge in [0.1, 0.15) is 23.2 Å². The second kappa shape index (κ2) is 5.62. The fourth-order valence-electron chi connectivity index (χ4n) is 1.48. The highest BCUT2D eigenvalue weighted by Gasteiger charge is 2.39. The highest BCUT2D eigenvalue weighted by Crippen LogP contribution is 2.35. The lowest BCUT2D eigenvalue weighted by Crippen LogP contribution is -2.31. The van der Waals surface area contributed by atoms with Crippen LogP contribution < -0.4 is 0 Å². The Balaban J connectivity index is 3.10. The van der Waals surface area contributed by atoms with Gasteiger partial charge in [0.2, 0.25) is 0 Å². The highest BCUT2D eigenvalue weighted by atomic mass is 19.4. The van der Waals surface area contributed by atoms with E-state index in [9.17, 15) is 18.0 Å². The maximum atomic E-state index is 12.6. The van der Waals surface area contributed by atoms with Crippen molar-refractivity contribution < 1.29 is 32.6 Å². The van der Waals surface area contributed by atoms with Crippen LogP contribution in [0, 0.1) is 0 Å². The molecule has 8 heteroatoms. The second-order valence-electron chi connectivity index (χ2n) is 4.20. The van der Waals surface area contributed by atoms with Gasteiger partial charge in [-0.2, -0.15) is 13.2 Å². The Hall–Kier alpha value is -1.54. The molecular weight excluding hydrogens is 267 g/mol. The van der Waals surface area contributed by atoms with Crippen LogP contribution in [0.1, 0.15) is 28.6 Å². The van der Waals surface area contributed by atoms with Gasteiger partial charge in [0.15, 0.2) is 0 Å². The lowest BCUT2D eigenvalue weighted by atomic mass is 10.1. The molecule has 1 unspecified atom stereocenters. The number of alkyl halides is 3. The zero-order chi connectivity index (χ0) is 14.8. The van der Waals surface area contributed by atoms with Crippen LogP contribution in [0.25, 0.3) is 0 Å². The molecule has 0 aromatic carbocycles. The Morgan fingerprint density at radius 2 is 2.11 bits per heavy atom. The van der Waals surface area contributed by atoms with Crippen LogP contribution in [0.15, 0.2) is 10.7 Å². The lowest BCUT2D eigenvalue weighted by molar-refractivity contribution is -0.138. The lowest BCUT2D eigenvalue weighted by Gasteiger charge is -2.21. The average molecular weight is 281 g/mol. The van der Waals surface area contributed by atoms with Crippen LogP contribution in [-0.4, -0.2) is 40.8 Å². The largest absolute Gasteiger partial charge is 0.478 e. The standard InChI is InChI=1S/C11H14F3NO4/c1-6(4-16)15(2)3-8-9(10(17)18)7(5-19-8)11(12,13)14/h5-6,16H,3-4H2,1-2H3,(H,17,18). The van der Waals surface area contributed by atoms with Crippen LogP contribution in [0.5, 0.6) is 0 Å². The number of rotatable bonds is 5. The molecule has 0 aliphatic rings. The van der Waals surface area contributed by atoms with Gasteiger partial charge in [0, 0.05) is 6.04 Å². The highest BCUT2D eigenvalue weighted by molar-refractivity contribution is 5.90. The van der Waals surface area contributed by atoms with Crippen molar-refractivity contribution in [2.45, 2.75) is 25.7 Å². The van der Waals surface area contributed by atoms with Gasteiger partial charge in [-0.05, 0) is 14.0 Å². The average Bonchev–Trinajstić information content (AvgIpc) is 2.71. The molecule has 0 fully saturated rings. The summed E-state index contributed by atoms with van der Waals surface area (Å²) in [5, 5.41) is 17.8. The number of aliphatic hydroxyl groups excluding tert-OH is 1. The van der Waals surface area contributed by atoms with Gasteiger partial charge in [-0.3, -0.25) is 4.90 Å². The zero-order valence-electron chi connectivity index (χ0n) is 10.4. The van der Waals surface area contributed by atoms with Gasteiger partial charge in [-0.25, -0.2) is 4.79 Å². The number of aliphatic hydroxyl groups is 1. The monoisotopic (exact) mass is 281 g/mol. The van der Waals surface area contributed by atoms with Crippen molar-refractivity contribution in [3.8, 4) is 0 Å². The molecule has 108 valence electrons. The van der Waals surface area contributed by atoms with E-state index in [4.69, 9.17) is 14.6 Å². The summed E-state index contributed by atoms with van der Waals surface area (Å²) in [5.41, 5.74) is -2.19. The molecule has 0 aliphatic carbocycles. The van der Waals surface area contributed by atoms with Crippen molar-refractivity contribution in [3.05, 3.63) is 23.2 Å². The fourth-order valence-corrected chi connectivity index (χ4v) is 1.48. The zero-order valence-corrected chi connectivity index (χ0v) is 10.4. The van der Waals surface area contributed by atoms with Crippen molar-refractivity contribution in [2.24, 2.45) is 0 Å². The fraction of sp³-hybridized carbons (Fsp3) is 0.545. The van der Waals surface area contributed by atoms with Gasteiger partial charge in [0.05, 0.1) is 13.2 Å². The third-order valence-electron chi connectivity index (χ3n) is 2.80. The first-order chi connectivity index (χ1) is 8.68. The Bertz CT molecular complexity index is 455. The van der Waals surface area contributed by atoms with Gasteiger partial charge in [-0.15, -0.1) is 0 Å². The summed E-state index contributed by atoms with van der Waals surface area (Å²) in [5.74, 6) is -1.98. The summed E-state index contributed by atoms with van der Waals surface area (Å²) in [4.78, 5) is 12.4. The van der Waals surface area contributed by atoms with E-state index < -0.39 is 23.3 Å². The van der Waals surface area contributed by atoms with Crippen molar-refractivity contribution in [1.29, 1.82) is 0 Å². The molecule has 0 saturated heterocycles. The minimum absolute atomic E-state index is 0.139. The van der Waals surface area contributed by atoms with Gasteiger partial charge in [-0.1, -0.05) is 0 Å². The van der Waals surface area contributed by atoms with Crippen LogP contribution in [0.3, 0.4) is 0 Å². The number of furan rings is 1. The quantitative estimate of drug-likeness (QED) is 0.861. The van der Waals surface area contributed by atoms with Crippen molar-refractivity contribution in [3.63, 3.8) is 0 Å². The normalized spacial score (nSPS) is 13.8. The Morgan fingerprint density at radius 1 is 1.53 bits per heavy atom. The van der Waals surface area contributed by atoms with Gasteiger partial charge >= 0.3 is 12.1 Å². The molecule has 0 aliphatic heterocycles. The van der Waals surface area contributed by atoms with Crippen LogP contribution in [0.4, 0.5) is 13.2 Å². The molecule has 1 rings (SSSR count). The summed E-state index contributed by atoms with van der Waals surface area (Å²) in [6.45, 7) is 1.30. The van der Waals surface area contributed by atoms with Crippen LogP contribution >= 0.6 is 0 Å². The Labute approximate surface area is 107 Å². The number of halogens is 3. The minimum Gasteiger partial charge on any atom is -0.478 e. The smallest absolute Gasteiger partial charge is 0.420 e. The number of hydrogen-bond acceptors (Lipinski definition) is 4. The Kier molecular flexibility index (Phi) is 4.59. The Morgan fingerprint density at radius 3 is 2.53 bits per heavy atom. The van der Waals surface area contributed by atoms with E-state index in [1.807, 2.05) is 0 Å². The minimum atomic E-state index is -4.78. The number of aromatic carboxylic acids is 1. The van der Waals surface area contributed by atoms with Crippen molar-refractivity contribution >= 4 is 5.97 Å². The van der Waals surface area contributed by atoms with E-state index in [0.717, 1.165) is 0 Å². The predicted octanol–water partition coefficient (Wildman–Crippen LogP) is 1.81. The summed E-state index contributed by atoms with van der Waals surface area (Å²) in [6, 6.07) is -0.332. The van der Waals surface area contributed by atoms with E-state index in [1.54, 1.807) is 14.0 Å². The van der Waals surface area contributed by atoms with Gasteiger partial charge in [0.25, 0.3) is 0 Å². The molecule has 0 spiro atoms. The van der Waals surface area contributed by atoms with Crippen molar-refractivity contribution in [2.75, 3.05) is 13.7 Å². The summed E-state index contributed by atoms with van der Waals surface area (Å²) >= 11 is 0. The third kappa shape index (κ3) is 3.48. The summed E-state index contributed by atoms with van der Waals surface area (Å²) in [6.07, 6.45) is -4.38. The molecule has 0 bridgehead atoms. The molecule has 0 amide bonds. The molecule has 1 aromatic rings. The van der Waals surface area contributed by atoms with Crippen LogP contribution in [-0.2, 0) is 12.7 Å². The van der Waals surface area contributed by atoms with E-state index in [2.05, 4.69) is 0 Å². The number of likely N-dealkylation sites (N-methyl/N-ethyl adjacent to an activating group) is 1. The third-order valence-corrected chi connectivity index (χ3v) is 2.80.